The molecule has 29 heavy (non-hydrogen) atoms. The molecule has 5 atom stereocenters. The highest BCUT2D eigenvalue weighted by Crippen LogP contribution is 2.50. The average Bonchev–Trinajstić information content (AvgIpc) is 3.30. The van der Waals surface area contributed by atoms with E-state index in [1.807, 2.05) is 6.92 Å². The Hall–Kier alpha value is -1.68. The number of aliphatic hydroxyl groups excluding tert-OH is 1. The minimum Gasteiger partial charge on any atom is -0.407 e. The van der Waals surface area contributed by atoms with Crippen LogP contribution >= 0.6 is 0 Å². The molecule has 0 amide bonds. The molecule has 154 valence electrons. The molecule has 4 rings (SSSR count). The van der Waals surface area contributed by atoms with E-state index in [2.05, 4.69) is 93.6 Å². The van der Waals surface area contributed by atoms with Crippen LogP contribution in [-0.4, -0.2) is 26.1 Å². The van der Waals surface area contributed by atoms with Gasteiger partial charge in [0.05, 0.1) is 6.10 Å². The second kappa shape index (κ2) is 7.86. The van der Waals surface area contributed by atoms with E-state index in [0.717, 1.165) is 0 Å². The lowest BCUT2D eigenvalue weighted by Crippen LogP contribution is -2.67. The molecule has 3 heteroatoms. The monoisotopic (exact) mass is 406 g/mol. The summed E-state index contributed by atoms with van der Waals surface area (Å²) in [5, 5.41) is 13.1. The first-order valence-corrected chi connectivity index (χ1v) is 12.9. The summed E-state index contributed by atoms with van der Waals surface area (Å²) in [4.78, 5) is 0. The molecule has 2 aliphatic rings. The fraction of sp³-hybridized carbons (Fsp3) is 0.462. The fourth-order valence-electron chi connectivity index (χ4n) is 5.90. The van der Waals surface area contributed by atoms with Gasteiger partial charge in [0.15, 0.2) is 0 Å². The Morgan fingerprint density at radius 3 is 1.93 bits per heavy atom. The van der Waals surface area contributed by atoms with Gasteiger partial charge in [-0.25, -0.2) is 0 Å². The molecule has 0 saturated heterocycles. The van der Waals surface area contributed by atoms with Gasteiger partial charge in [-0.05, 0) is 52.4 Å². The summed E-state index contributed by atoms with van der Waals surface area (Å²) in [6.07, 6.45) is 5.57. The van der Waals surface area contributed by atoms with Crippen LogP contribution in [0.15, 0.2) is 72.8 Å². The molecule has 0 heterocycles. The van der Waals surface area contributed by atoms with Gasteiger partial charge in [0.1, 0.15) is 0 Å². The van der Waals surface area contributed by atoms with Crippen molar-refractivity contribution in [1.29, 1.82) is 0 Å². The summed E-state index contributed by atoms with van der Waals surface area (Å²) in [6.45, 7) is 9.65. The minimum atomic E-state index is -2.51. The highest BCUT2D eigenvalue weighted by molar-refractivity contribution is 6.99. The van der Waals surface area contributed by atoms with Gasteiger partial charge in [-0.15, -0.1) is 0 Å². The Morgan fingerprint density at radius 1 is 0.931 bits per heavy atom. The third-order valence-electron chi connectivity index (χ3n) is 7.15. The molecule has 0 radical (unpaired) electrons. The normalized spacial score (nSPS) is 27.3. The van der Waals surface area contributed by atoms with Crippen molar-refractivity contribution in [1.82, 2.24) is 0 Å². The summed E-state index contributed by atoms with van der Waals surface area (Å²) < 4.78 is 7.18. The highest BCUT2D eigenvalue weighted by atomic mass is 28.4. The second-order valence-electron chi connectivity index (χ2n) is 9.90. The lowest BCUT2D eigenvalue weighted by Gasteiger charge is -2.44. The van der Waals surface area contributed by atoms with Crippen LogP contribution in [0.3, 0.4) is 0 Å². The molecule has 2 nitrogen and oxygen atoms in total. The van der Waals surface area contributed by atoms with E-state index >= 15 is 0 Å². The molecular formula is C26H34O2Si. The van der Waals surface area contributed by atoms with E-state index in [9.17, 15) is 5.11 Å². The van der Waals surface area contributed by atoms with Crippen molar-refractivity contribution in [2.45, 2.75) is 45.3 Å². The smallest absolute Gasteiger partial charge is 0.261 e. The molecule has 1 fully saturated rings. The van der Waals surface area contributed by atoms with Gasteiger partial charge in [0.25, 0.3) is 8.32 Å². The van der Waals surface area contributed by atoms with Gasteiger partial charge in [-0.3, -0.25) is 0 Å². The fourth-order valence-corrected chi connectivity index (χ4v) is 10.5. The van der Waals surface area contributed by atoms with Crippen molar-refractivity contribution in [3.63, 3.8) is 0 Å². The largest absolute Gasteiger partial charge is 0.407 e. The molecule has 0 aromatic heterocycles. The lowest BCUT2D eigenvalue weighted by molar-refractivity contribution is 0.0570. The van der Waals surface area contributed by atoms with Crippen LogP contribution in [0.5, 0.6) is 0 Å². The van der Waals surface area contributed by atoms with Gasteiger partial charge in [0, 0.05) is 6.61 Å². The van der Waals surface area contributed by atoms with Crippen LogP contribution < -0.4 is 10.4 Å². The Bertz CT molecular complexity index is 799. The van der Waals surface area contributed by atoms with Crippen LogP contribution in [0.2, 0.25) is 5.04 Å². The third-order valence-corrected chi connectivity index (χ3v) is 12.2. The molecule has 1 N–H and O–H groups in total. The topological polar surface area (TPSA) is 29.5 Å². The van der Waals surface area contributed by atoms with Crippen LogP contribution in [-0.2, 0) is 4.43 Å². The quantitative estimate of drug-likeness (QED) is 0.570. The summed E-state index contributed by atoms with van der Waals surface area (Å²) in [5.41, 5.74) is 0. The summed E-state index contributed by atoms with van der Waals surface area (Å²) in [6, 6.07) is 21.7. The minimum absolute atomic E-state index is 0.0104. The first-order valence-electron chi connectivity index (χ1n) is 11.0. The van der Waals surface area contributed by atoms with Crippen molar-refractivity contribution < 1.29 is 9.53 Å². The van der Waals surface area contributed by atoms with E-state index in [1.54, 1.807) is 0 Å². The zero-order chi connectivity index (χ0) is 20.6. The van der Waals surface area contributed by atoms with Gasteiger partial charge in [-0.1, -0.05) is 93.6 Å². The Morgan fingerprint density at radius 2 is 1.45 bits per heavy atom. The Labute approximate surface area is 176 Å². The number of benzene rings is 2. The number of allylic oxidation sites excluding steroid dienone is 2. The van der Waals surface area contributed by atoms with Crippen molar-refractivity contribution >= 4 is 18.7 Å². The van der Waals surface area contributed by atoms with Crippen LogP contribution in [0.4, 0.5) is 0 Å². The lowest BCUT2D eigenvalue weighted by atomic mass is 9.80. The number of fused-ring (bicyclic) bond motifs is 2. The molecule has 2 aromatic rings. The number of hydrogen-bond donors (Lipinski definition) is 1. The average molecular weight is 407 g/mol. The molecular weight excluding hydrogens is 372 g/mol. The first-order chi connectivity index (χ1) is 13.8. The van der Waals surface area contributed by atoms with E-state index in [4.69, 9.17) is 4.43 Å². The predicted octanol–water partition coefficient (Wildman–Crippen LogP) is 4.38. The van der Waals surface area contributed by atoms with Crippen LogP contribution in [0.1, 0.15) is 34.1 Å². The maximum absolute atomic E-state index is 10.5. The van der Waals surface area contributed by atoms with Crippen molar-refractivity contribution in [3.05, 3.63) is 72.8 Å². The predicted molar refractivity (Wildman–Crippen MR) is 123 cm³/mol. The van der Waals surface area contributed by atoms with E-state index in [-0.39, 0.29) is 11.1 Å². The molecule has 2 aromatic carbocycles. The number of hydrogen-bond acceptors (Lipinski definition) is 2. The SMILES string of the molecule is CC(O)C1C2C=CC(C2)C1CO[Si](c1ccccc1)(c1ccccc1)C(C)(C)C. The first kappa shape index (κ1) is 20.6. The molecule has 0 aliphatic heterocycles. The van der Waals surface area contributed by atoms with Crippen LogP contribution in [0.25, 0.3) is 0 Å². The Kier molecular flexibility index (Phi) is 5.58. The molecule has 2 aliphatic carbocycles. The molecule has 2 bridgehead atoms. The van der Waals surface area contributed by atoms with Crippen LogP contribution in [0, 0.1) is 23.7 Å². The summed E-state index contributed by atoms with van der Waals surface area (Å²) >= 11 is 0. The highest BCUT2D eigenvalue weighted by Gasteiger charge is 2.52. The van der Waals surface area contributed by atoms with E-state index < -0.39 is 8.32 Å². The van der Waals surface area contributed by atoms with Gasteiger partial charge >= 0.3 is 0 Å². The maximum atomic E-state index is 10.5. The number of aliphatic hydroxyl groups is 1. The summed E-state index contributed by atoms with van der Waals surface area (Å²) in [5.74, 6) is 1.75. The van der Waals surface area contributed by atoms with E-state index in [1.165, 1.54) is 16.8 Å². The van der Waals surface area contributed by atoms with Gasteiger partial charge in [0.2, 0.25) is 0 Å². The standard InChI is InChI=1S/C26H34O2Si/c1-19(27)25-21-16-15-20(17-21)24(25)18-28-29(26(2,3)4,22-11-7-5-8-12-22)23-13-9-6-10-14-23/h5-16,19-21,24-25,27H,17-18H2,1-4H3. The Balaban J connectivity index is 1.74. The zero-order valence-corrected chi connectivity index (χ0v) is 19.1. The number of rotatable bonds is 6. The van der Waals surface area contributed by atoms with Crippen molar-refractivity contribution in [3.8, 4) is 0 Å². The molecule has 5 unspecified atom stereocenters. The third kappa shape index (κ3) is 3.54. The van der Waals surface area contributed by atoms with E-state index in [0.29, 0.717) is 30.3 Å². The zero-order valence-electron chi connectivity index (χ0n) is 18.1. The van der Waals surface area contributed by atoms with Crippen molar-refractivity contribution in [2.24, 2.45) is 23.7 Å². The maximum Gasteiger partial charge on any atom is 0.261 e. The summed E-state index contributed by atoms with van der Waals surface area (Å²) in [7, 11) is -2.51. The van der Waals surface area contributed by atoms with Crippen molar-refractivity contribution in [2.75, 3.05) is 6.61 Å². The second-order valence-corrected chi connectivity index (χ2v) is 14.2. The van der Waals surface area contributed by atoms with Gasteiger partial charge in [-0.2, -0.15) is 0 Å². The molecule has 1 saturated carbocycles. The van der Waals surface area contributed by atoms with Gasteiger partial charge < -0.3 is 9.53 Å². The molecule has 0 spiro atoms.